The molecular formula is C17H14N4S. The van der Waals surface area contributed by atoms with Gasteiger partial charge in [-0.05, 0) is 24.6 Å². The van der Waals surface area contributed by atoms with Crippen LogP contribution in [0, 0.1) is 6.92 Å². The molecule has 0 fully saturated rings. The van der Waals surface area contributed by atoms with E-state index in [0.717, 1.165) is 27.8 Å². The van der Waals surface area contributed by atoms with Crippen molar-refractivity contribution in [1.82, 2.24) is 20.2 Å². The topological polar surface area (TPSA) is 54.5 Å². The monoisotopic (exact) mass is 306 g/mol. The van der Waals surface area contributed by atoms with Crippen LogP contribution < -0.4 is 0 Å². The normalized spacial score (nSPS) is 11.3. The molecule has 0 aliphatic rings. The predicted octanol–water partition coefficient (Wildman–Crippen LogP) is 4.11. The number of fused-ring (bicyclic) bond motifs is 3. The number of hydrogen-bond donors (Lipinski definition) is 1. The van der Waals surface area contributed by atoms with Gasteiger partial charge in [0.2, 0.25) is 5.16 Å². The van der Waals surface area contributed by atoms with Crippen molar-refractivity contribution in [1.29, 1.82) is 0 Å². The van der Waals surface area contributed by atoms with Crippen molar-refractivity contribution in [3.63, 3.8) is 0 Å². The van der Waals surface area contributed by atoms with Gasteiger partial charge >= 0.3 is 0 Å². The highest BCUT2D eigenvalue weighted by molar-refractivity contribution is 7.98. The average Bonchev–Trinajstić information content (AvgIpc) is 2.91. The number of aryl methyl sites for hydroxylation is 1. The number of nitrogens with zero attached hydrogens (tertiary/aromatic N) is 3. The zero-order valence-electron chi connectivity index (χ0n) is 12.1. The standard InChI is InChI=1S/C17H14N4S/c1-11-7-8-14-13(9-11)15-16(18-14)19-17(21-20-15)22-10-12-5-3-2-4-6-12/h2-9H,10H2,1H3,(H,18,19,21). The van der Waals surface area contributed by atoms with Gasteiger partial charge in [0.05, 0.1) is 0 Å². The molecule has 22 heavy (non-hydrogen) atoms. The molecule has 2 heterocycles. The van der Waals surface area contributed by atoms with Gasteiger partial charge in [-0.15, -0.1) is 10.2 Å². The van der Waals surface area contributed by atoms with Gasteiger partial charge in [0.15, 0.2) is 5.65 Å². The zero-order chi connectivity index (χ0) is 14.9. The van der Waals surface area contributed by atoms with E-state index in [1.54, 1.807) is 11.8 Å². The van der Waals surface area contributed by atoms with E-state index in [1.165, 1.54) is 11.1 Å². The van der Waals surface area contributed by atoms with Crippen molar-refractivity contribution in [2.45, 2.75) is 17.8 Å². The summed E-state index contributed by atoms with van der Waals surface area (Å²) < 4.78 is 0. The molecule has 2 aromatic heterocycles. The van der Waals surface area contributed by atoms with Crippen LogP contribution in [0.3, 0.4) is 0 Å². The number of rotatable bonds is 3. The van der Waals surface area contributed by atoms with E-state index in [9.17, 15) is 0 Å². The highest BCUT2D eigenvalue weighted by Gasteiger charge is 2.09. The molecule has 0 aliphatic heterocycles. The average molecular weight is 306 g/mol. The molecule has 0 saturated carbocycles. The van der Waals surface area contributed by atoms with Crippen LogP contribution in [-0.2, 0) is 5.75 Å². The summed E-state index contributed by atoms with van der Waals surface area (Å²) in [5.74, 6) is 0.841. The van der Waals surface area contributed by atoms with Crippen LogP contribution in [0.25, 0.3) is 22.1 Å². The molecule has 5 heteroatoms. The Bertz CT molecular complexity index is 947. The van der Waals surface area contributed by atoms with E-state index in [-0.39, 0.29) is 0 Å². The summed E-state index contributed by atoms with van der Waals surface area (Å²) in [6.45, 7) is 2.07. The molecular weight excluding hydrogens is 292 g/mol. The van der Waals surface area contributed by atoms with E-state index >= 15 is 0 Å². The van der Waals surface area contributed by atoms with Gasteiger partial charge in [-0.1, -0.05) is 53.7 Å². The van der Waals surface area contributed by atoms with Crippen LogP contribution >= 0.6 is 11.8 Å². The Morgan fingerprint density at radius 1 is 1.05 bits per heavy atom. The molecule has 0 unspecified atom stereocenters. The minimum atomic E-state index is 0.694. The Labute approximate surface area is 132 Å². The van der Waals surface area contributed by atoms with Gasteiger partial charge in [0.1, 0.15) is 5.52 Å². The van der Waals surface area contributed by atoms with Gasteiger partial charge in [-0.3, -0.25) is 0 Å². The first-order valence-electron chi connectivity index (χ1n) is 7.09. The van der Waals surface area contributed by atoms with Crippen LogP contribution in [0.4, 0.5) is 0 Å². The molecule has 0 atom stereocenters. The predicted molar refractivity (Wildman–Crippen MR) is 89.9 cm³/mol. The fourth-order valence-corrected chi connectivity index (χ4v) is 3.20. The van der Waals surface area contributed by atoms with Gasteiger partial charge in [-0.2, -0.15) is 0 Å². The van der Waals surface area contributed by atoms with E-state index in [1.807, 2.05) is 18.2 Å². The first-order valence-corrected chi connectivity index (χ1v) is 8.08. The summed E-state index contributed by atoms with van der Waals surface area (Å²) in [7, 11) is 0. The third-order valence-electron chi connectivity index (χ3n) is 3.56. The van der Waals surface area contributed by atoms with Crippen LogP contribution in [0.1, 0.15) is 11.1 Å². The SMILES string of the molecule is Cc1ccc2[nH]c3nc(SCc4ccccc4)nnc3c2c1. The molecule has 0 amide bonds. The lowest BCUT2D eigenvalue weighted by Crippen LogP contribution is -1.92. The van der Waals surface area contributed by atoms with Crippen molar-refractivity contribution >= 4 is 33.8 Å². The molecule has 4 rings (SSSR count). The highest BCUT2D eigenvalue weighted by Crippen LogP contribution is 2.25. The lowest BCUT2D eigenvalue weighted by molar-refractivity contribution is 0.878. The largest absolute Gasteiger partial charge is 0.338 e. The number of H-pyrrole nitrogens is 1. The third kappa shape index (κ3) is 2.44. The molecule has 4 nitrogen and oxygen atoms in total. The van der Waals surface area contributed by atoms with Gasteiger partial charge in [0, 0.05) is 16.7 Å². The highest BCUT2D eigenvalue weighted by atomic mass is 32.2. The van der Waals surface area contributed by atoms with Gasteiger partial charge in [0.25, 0.3) is 0 Å². The summed E-state index contributed by atoms with van der Waals surface area (Å²) >= 11 is 1.60. The summed E-state index contributed by atoms with van der Waals surface area (Å²) in [6.07, 6.45) is 0. The Morgan fingerprint density at radius 3 is 2.77 bits per heavy atom. The molecule has 0 radical (unpaired) electrons. The van der Waals surface area contributed by atoms with Crippen LogP contribution in [0.15, 0.2) is 53.7 Å². The second kappa shape index (κ2) is 5.42. The number of thioether (sulfide) groups is 1. The number of benzene rings is 2. The quantitative estimate of drug-likeness (QED) is 0.579. The summed E-state index contributed by atoms with van der Waals surface area (Å²) in [5, 5.41) is 10.4. The number of aromatic nitrogens is 4. The molecule has 2 aromatic carbocycles. The first kappa shape index (κ1) is 13.3. The number of aromatic amines is 1. The van der Waals surface area contributed by atoms with Gasteiger partial charge < -0.3 is 4.98 Å². The Balaban J connectivity index is 1.67. The number of hydrogen-bond acceptors (Lipinski definition) is 4. The summed E-state index contributed by atoms with van der Waals surface area (Å²) in [4.78, 5) is 7.91. The molecule has 0 aliphatic carbocycles. The molecule has 0 saturated heterocycles. The minimum Gasteiger partial charge on any atom is -0.338 e. The zero-order valence-corrected chi connectivity index (χ0v) is 12.9. The first-order chi connectivity index (χ1) is 10.8. The van der Waals surface area contributed by atoms with E-state index in [2.05, 4.69) is 57.4 Å². The second-order valence-corrected chi connectivity index (χ2v) is 6.18. The Morgan fingerprint density at radius 2 is 1.91 bits per heavy atom. The summed E-state index contributed by atoms with van der Waals surface area (Å²) in [5.41, 5.74) is 5.14. The summed E-state index contributed by atoms with van der Waals surface area (Å²) in [6, 6.07) is 16.6. The second-order valence-electron chi connectivity index (χ2n) is 5.24. The smallest absolute Gasteiger partial charge is 0.211 e. The van der Waals surface area contributed by atoms with Crippen molar-refractivity contribution in [3.05, 3.63) is 59.7 Å². The molecule has 0 bridgehead atoms. The number of nitrogens with one attached hydrogen (secondary N) is 1. The Kier molecular flexibility index (Phi) is 3.27. The van der Waals surface area contributed by atoms with E-state index < -0.39 is 0 Å². The van der Waals surface area contributed by atoms with Crippen LogP contribution in [0.2, 0.25) is 0 Å². The molecule has 108 valence electrons. The lowest BCUT2D eigenvalue weighted by Gasteiger charge is -1.99. The van der Waals surface area contributed by atoms with Gasteiger partial charge in [-0.25, -0.2) is 4.98 Å². The van der Waals surface area contributed by atoms with Crippen molar-refractivity contribution in [3.8, 4) is 0 Å². The van der Waals surface area contributed by atoms with Crippen molar-refractivity contribution in [2.75, 3.05) is 0 Å². The lowest BCUT2D eigenvalue weighted by atomic mass is 10.2. The fourth-order valence-electron chi connectivity index (χ4n) is 2.45. The van der Waals surface area contributed by atoms with E-state index in [0.29, 0.717) is 5.16 Å². The maximum Gasteiger partial charge on any atom is 0.211 e. The molecule has 4 aromatic rings. The molecule has 0 spiro atoms. The maximum absolute atomic E-state index is 4.59. The van der Waals surface area contributed by atoms with Crippen molar-refractivity contribution in [2.24, 2.45) is 0 Å². The molecule has 1 N–H and O–H groups in total. The third-order valence-corrected chi connectivity index (χ3v) is 4.47. The van der Waals surface area contributed by atoms with Crippen LogP contribution in [0.5, 0.6) is 0 Å². The van der Waals surface area contributed by atoms with E-state index in [4.69, 9.17) is 0 Å². The van der Waals surface area contributed by atoms with Crippen LogP contribution in [-0.4, -0.2) is 20.2 Å². The fraction of sp³-hybridized carbons (Fsp3) is 0.118. The van der Waals surface area contributed by atoms with Crippen molar-refractivity contribution < 1.29 is 0 Å². The Hall–Kier alpha value is -2.40. The minimum absolute atomic E-state index is 0.694. The maximum atomic E-state index is 4.59.